The smallest absolute Gasteiger partial charge is 0.255 e. The summed E-state index contributed by atoms with van der Waals surface area (Å²) in [5.74, 6) is 1.69. The zero-order chi connectivity index (χ0) is 20.1. The molecular weight excluding hydrogens is 366 g/mol. The van der Waals surface area contributed by atoms with Crippen LogP contribution < -0.4 is 4.90 Å². The largest absolute Gasteiger partial charge is 0.380 e. The van der Waals surface area contributed by atoms with E-state index in [-0.39, 0.29) is 12.0 Å². The number of methoxy groups -OCH3 is 1. The number of piperidine rings is 2. The fourth-order valence-electron chi connectivity index (χ4n) is 4.39. The lowest BCUT2D eigenvalue weighted by molar-refractivity contribution is 0.0684. The molecule has 0 unspecified atom stereocenters. The quantitative estimate of drug-likeness (QED) is 0.750. The van der Waals surface area contributed by atoms with Crippen LogP contribution in [-0.4, -0.2) is 65.0 Å². The van der Waals surface area contributed by atoms with Gasteiger partial charge in [0, 0.05) is 58.4 Å². The van der Waals surface area contributed by atoms with Gasteiger partial charge in [-0.3, -0.25) is 9.48 Å². The highest BCUT2D eigenvalue weighted by Crippen LogP contribution is 2.23. The van der Waals surface area contributed by atoms with E-state index in [1.807, 2.05) is 40.2 Å². The Morgan fingerprint density at radius 2 is 2.07 bits per heavy atom. The van der Waals surface area contributed by atoms with Crippen LogP contribution in [0.5, 0.6) is 0 Å². The molecule has 0 bridgehead atoms. The molecule has 2 aliphatic heterocycles. The average Bonchev–Trinajstić information content (AvgIpc) is 3.31. The number of aromatic nitrogens is 3. The summed E-state index contributed by atoms with van der Waals surface area (Å²) in [6, 6.07) is 5.86. The number of anilines is 1. The van der Waals surface area contributed by atoms with Gasteiger partial charge in [-0.05, 0) is 56.2 Å². The predicted octanol–water partition coefficient (Wildman–Crippen LogP) is 2.84. The summed E-state index contributed by atoms with van der Waals surface area (Å²) in [6.45, 7) is 4.46. The van der Waals surface area contributed by atoms with E-state index in [0.29, 0.717) is 11.5 Å². The SMILES string of the molecule is CO[C@@H]1CCCN(c2ccc(C(=O)N3CCC(CCn4cccn4)CC3)cn2)C1. The molecule has 0 saturated carbocycles. The molecule has 2 fully saturated rings. The van der Waals surface area contributed by atoms with Gasteiger partial charge in [0.1, 0.15) is 5.82 Å². The Hall–Kier alpha value is -2.41. The van der Waals surface area contributed by atoms with Crippen LogP contribution in [0.1, 0.15) is 42.5 Å². The standard InChI is InChI=1S/C22H31N5O2/c1-29-20-4-2-11-26(17-20)21-6-5-19(16-23-21)22(28)25-13-7-18(8-14-25)9-15-27-12-3-10-24-27/h3,5-6,10,12,16,18,20H,2,4,7-9,11,13-15,17H2,1H3/t20-/m1/s1. The summed E-state index contributed by atoms with van der Waals surface area (Å²) in [4.78, 5) is 21.7. The van der Waals surface area contributed by atoms with Gasteiger partial charge in [-0.1, -0.05) is 0 Å². The van der Waals surface area contributed by atoms with Gasteiger partial charge in [0.15, 0.2) is 0 Å². The second kappa shape index (κ2) is 9.39. The first-order valence-corrected chi connectivity index (χ1v) is 10.7. The van der Waals surface area contributed by atoms with Gasteiger partial charge in [0.2, 0.25) is 0 Å². The summed E-state index contributed by atoms with van der Waals surface area (Å²) in [5.41, 5.74) is 0.684. The summed E-state index contributed by atoms with van der Waals surface area (Å²) >= 11 is 0. The van der Waals surface area contributed by atoms with Crippen LogP contribution in [0.2, 0.25) is 0 Å². The zero-order valence-corrected chi connectivity index (χ0v) is 17.2. The predicted molar refractivity (Wildman–Crippen MR) is 112 cm³/mol. The van der Waals surface area contributed by atoms with E-state index in [2.05, 4.69) is 15.0 Å². The highest BCUT2D eigenvalue weighted by molar-refractivity contribution is 5.94. The van der Waals surface area contributed by atoms with Crippen molar-refractivity contribution in [2.75, 3.05) is 38.2 Å². The van der Waals surface area contributed by atoms with Gasteiger partial charge in [-0.15, -0.1) is 0 Å². The fraction of sp³-hybridized carbons (Fsp3) is 0.591. The lowest BCUT2D eigenvalue weighted by atomic mass is 9.93. The topological polar surface area (TPSA) is 63.5 Å². The molecule has 1 atom stereocenters. The molecule has 1 amide bonds. The van der Waals surface area contributed by atoms with Crippen LogP contribution in [0, 0.1) is 5.92 Å². The summed E-state index contributed by atoms with van der Waals surface area (Å²) in [6.07, 6.45) is 11.3. The second-order valence-corrected chi connectivity index (χ2v) is 8.14. The van der Waals surface area contributed by atoms with Gasteiger partial charge in [-0.2, -0.15) is 5.10 Å². The first-order chi connectivity index (χ1) is 14.2. The Morgan fingerprint density at radius 3 is 2.76 bits per heavy atom. The van der Waals surface area contributed by atoms with Gasteiger partial charge >= 0.3 is 0 Å². The van der Waals surface area contributed by atoms with Crippen LogP contribution >= 0.6 is 0 Å². The van der Waals surface area contributed by atoms with E-state index in [4.69, 9.17) is 4.74 Å². The number of hydrogen-bond donors (Lipinski definition) is 0. The summed E-state index contributed by atoms with van der Waals surface area (Å²) in [5, 5.41) is 4.27. The molecule has 4 rings (SSSR count). The van der Waals surface area contributed by atoms with E-state index in [1.54, 1.807) is 13.3 Å². The third kappa shape index (κ3) is 4.96. The molecule has 29 heavy (non-hydrogen) atoms. The number of carbonyl (C=O) groups is 1. The third-order valence-corrected chi connectivity index (χ3v) is 6.26. The van der Waals surface area contributed by atoms with Crippen molar-refractivity contribution in [3.05, 3.63) is 42.4 Å². The number of amides is 1. The summed E-state index contributed by atoms with van der Waals surface area (Å²) < 4.78 is 7.48. The molecule has 0 aromatic carbocycles. The lowest BCUT2D eigenvalue weighted by Crippen LogP contribution is -2.40. The number of rotatable bonds is 6. The maximum atomic E-state index is 12.9. The van der Waals surface area contributed by atoms with Crippen molar-refractivity contribution in [3.63, 3.8) is 0 Å². The zero-order valence-electron chi connectivity index (χ0n) is 17.2. The normalized spacial score (nSPS) is 20.8. The lowest BCUT2D eigenvalue weighted by Gasteiger charge is -2.33. The molecule has 2 aromatic rings. The highest BCUT2D eigenvalue weighted by atomic mass is 16.5. The third-order valence-electron chi connectivity index (χ3n) is 6.26. The Bertz CT molecular complexity index is 769. The molecule has 156 valence electrons. The van der Waals surface area contributed by atoms with Crippen molar-refractivity contribution in [2.45, 2.75) is 44.8 Å². The minimum Gasteiger partial charge on any atom is -0.380 e. The molecule has 0 radical (unpaired) electrons. The number of likely N-dealkylation sites (tertiary alicyclic amines) is 1. The molecule has 2 aromatic heterocycles. The molecule has 7 heteroatoms. The van der Waals surface area contributed by atoms with Crippen molar-refractivity contribution in [1.82, 2.24) is 19.7 Å². The van der Waals surface area contributed by atoms with Crippen LogP contribution in [-0.2, 0) is 11.3 Å². The molecule has 7 nitrogen and oxygen atoms in total. The Labute approximate surface area is 172 Å². The Kier molecular flexibility index (Phi) is 6.44. The summed E-state index contributed by atoms with van der Waals surface area (Å²) in [7, 11) is 1.77. The van der Waals surface area contributed by atoms with E-state index in [0.717, 1.165) is 70.6 Å². The van der Waals surface area contributed by atoms with Gasteiger partial charge in [-0.25, -0.2) is 4.98 Å². The number of aryl methyl sites for hydroxylation is 1. The maximum Gasteiger partial charge on any atom is 0.255 e. The minimum atomic E-state index is 0.1000. The van der Waals surface area contributed by atoms with E-state index >= 15 is 0 Å². The van der Waals surface area contributed by atoms with E-state index < -0.39 is 0 Å². The molecule has 0 N–H and O–H groups in total. The highest BCUT2D eigenvalue weighted by Gasteiger charge is 2.25. The van der Waals surface area contributed by atoms with Crippen LogP contribution in [0.25, 0.3) is 0 Å². The number of carbonyl (C=O) groups excluding carboxylic acids is 1. The van der Waals surface area contributed by atoms with Crippen molar-refractivity contribution >= 4 is 11.7 Å². The van der Waals surface area contributed by atoms with Crippen molar-refractivity contribution < 1.29 is 9.53 Å². The Morgan fingerprint density at radius 1 is 1.21 bits per heavy atom. The number of pyridine rings is 1. The minimum absolute atomic E-state index is 0.1000. The average molecular weight is 398 g/mol. The molecular formula is C22H31N5O2. The molecule has 4 heterocycles. The van der Waals surface area contributed by atoms with Crippen LogP contribution in [0.15, 0.2) is 36.8 Å². The Balaban J connectivity index is 1.27. The van der Waals surface area contributed by atoms with Gasteiger partial charge in [0.25, 0.3) is 5.91 Å². The number of hydrogen-bond acceptors (Lipinski definition) is 5. The number of ether oxygens (including phenoxy) is 1. The van der Waals surface area contributed by atoms with E-state index in [9.17, 15) is 4.79 Å². The molecule has 2 aliphatic rings. The first kappa shape index (κ1) is 19.9. The van der Waals surface area contributed by atoms with Gasteiger partial charge < -0.3 is 14.5 Å². The molecule has 0 spiro atoms. The monoisotopic (exact) mass is 397 g/mol. The fourth-order valence-corrected chi connectivity index (χ4v) is 4.39. The maximum absolute atomic E-state index is 12.9. The molecule has 0 aliphatic carbocycles. The van der Waals surface area contributed by atoms with Crippen LogP contribution in [0.4, 0.5) is 5.82 Å². The molecule has 2 saturated heterocycles. The van der Waals surface area contributed by atoms with Crippen LogP contribution in [0.3, 0.4) is 0 Å². The van der Waals surface area contributed by atoms with Crippen molar-refractivity contribution in [3.8, 4) is 0 Å². The number of nitrogens with zero attached hydrogens (tertiary/aromatic N) is 5. The van der Waals surface area contributed by atoms with Gasteiger partial charge in [0.05, 0.1) is 11.7 Å². The van der Waals surface area contributed by atoms with Crippen molar-refractivity contribution in [2.24, 2.45) is 5.92 Å². The second-order valence-electron chi connectivity index (χ2n) is 8.14. The first-order valence-electron chi connectivity index (χ1n) is 10.7. The van der Waals surface area contributed by atoms with E-state index in [1.165, 1.54) is 0 Å². The van der Waals surface area contributed by atoms with Crippen molar-refractivity contribution in [1.29, 1.82) is 0 Å².